The molecule has 0 radical (unpaired) electrons. The Hall–Kier alpha value is -1.84. The molecule has 0 N–H and O–H groups in total. The number of nitrogens with zero attached hydrogens (tertiary/aromatic N) is 1. The molecule has 1 aliphatic heterocycles. The summed E-state index contributed by atoms with van der Waals surface area (Å²) in [5.74, 6) is -0.388. The van der Waals surface area contributed by atoms with Crippen molar-refractivity contribution in [2.75, 3.05) is 13.7 Å². The molecule has 1 amide bonds. The number of hydrogen-bond donors (Lipinski definition) is 0. The monoisotopic (exact) mass is 233 g/mol. The van der Waals surface area contributed by atoms with Crippen molar-refractivity contribution in [1.29, 1.82) is 0 Å². The fraction of sp³-hybridized carbons (Fsp3) is 0.385. The lowest BCUT2D eigenvalue weighted by atomic mass is 9.82. The van der Waals surface area contributed by atoms with Gasteiger partial charge in [0.05, 0.1) is 7.11 Å². The Balaban J connectivity index is 2.21. The summed E-state index contributed by atoms with van der Waals surface area (Å²) in [4.78, 5) is 24.6. The highest BCUT2D eigenvalue weighted by molar-refractivity contribution is 5.86. The summed E-state index contributed by atoms with van der Waals surface area (Å²) in [5, 5.41) is 0. The number of benzene rings is 1. The maximum atomic E-state index is 11.7. The molecule has 4 nitrogen and oxygen atoms in total. The Bertz CT molecular complexity index is 430. The third-order valence-corrected chi connectivity index (χ3v) is 3.19. The van der Waals surface area contributed by atoms with Gasteiger partial charge < -0.3 is 9.64 Å². The number of ether oxygens (including phenoxy) is 1. The zero-order valence-corrected chi connectivity index (χ0v) is 9.92. The predicted molar refractivity (Wildman–Crippen MR) is 62.4 cm³/mol. The Kier molecular flexibility index (Phi) is 3.13. The fourth-order valence-corrected chi connectivity index (χ4v) is 2.23. The number of amides is 1. The maximum absolute atomic E-state index is 11.7. The van der Waals surface area contributed by atoms with E-state index >= 15 is 0 Å². The van der Waals surface area contributed by atoms with Crippen molar-refractivity contribution >= 4 is 11.9 Å². The third kappa shape index (κ3) is 2.02. The van der Waals surface area contributed by atoms with Crippen LogP contribution < -0.4 is 0 Å². The van der Waals surface area contributed by atoms with Crippen LogP contribution in [0.15, 0.2) is 30.3 Å². The lowest BCUT2D eigenvalue weighted by molar-refractivity contribution is -0.161. The summed E-state index contributed by atoms with van der Waals surface area (Å²) in [6.45, 7) is 2.05. The van der Waals surface area contributed by atoms with E-state index in [-0.39, 0.29) is 17.8 Å². The van der Waals surface area contributed by atoms with Crippen molar-refractivity contribution in [3.05, 3.63) is 35.9 Å². The van der Waals surface area contributed by atoms with Crippen LogP contribution in [0.2, 0.25) is 0 Å². The minimum atomic E-state index is -0.472. The molecule has 1 aromatic carbocycles. The van der Waals surface area contributed by atoms with E-state index < -0.39 is 6.04 Å². The number of rotatable bonds is 2. The molecule has 1 aliphatic rings. The molecule has 0 spiro atoms. The standard InChI is InChI=1S/C13H15NO3/c1-9(15)14-8-11(12(14)13(16)17-2)10-6-4-3-5-7-10/h3-7,11-12H,8H2,1-2H3. The fourth-order valence-electron chi connectivity index (χ4n) is 2.23. The van der Waals surface area contributed by atoms with Crippen molar-refractivity contribution in [1.82, 2.24) is 4.90 Å². The first-order valence-corrected chi connectivity index (χ1v) is 5.55. The topological polar surface area (TPSA) is 46.6 Å². The first-order valence-electron chi connectivity index (χ1n) is 5.55. The molecule has 2 atom stereocenters. The third-order valence-electron chi connectivity index (χ3n) is 3.19. The zero-order valence-electron chi connectivity index (χ0n) is 9.92. The Morgan fingerprint density at radius 3 is 2.47 bits per heavy atom. The van der Waals surface area contributed by atoms with E-state index in [4.69, 9.17) is 4.74 Å². The summed E-state index contributed by atoms with van der Waals surface area (Å²) >= 11 is 0. The molecule has 0 aliphatic carbocycles. The van der Waals surface area contributed by atoms with Gasteiger partial charge in [-0.25, -0.2) is 4.79 Å². The van der Waals surface area contributed by atoms with Gasteiger partial charge in [0.25, 0.3) is 0 Å². The molecule has 1 saturated heterocycles. The molecular formula is C13H15NO3. The molecule has 0 saturated carbocycles. The van der Waals surface area contributed by atoms with E-state index in [0.29, 0.717) is 6.54 Å². The van der Waals surface area contributed by atoms with Gasteiger partial charge in [-0.3, -0.25) is 4.79 Å². The van der Waals surface area contributed by atoms with Crippen molar-refractivity contribution in [2.45, 2.75) is 18.9 Å². The lowest BCUT2D eigenvalue weighted by Crippen LogP contribution is -2.60. The second-order valence-corrected chi connectivity index (χ2v) is 4.16. The molecule has 90 valence electrons. The smallest absolute Gasteiger partial charge is 0.329 e. The average Bonchev–Trinajstić information content (AvgIpc) is 2.28. The molecule has 1 fully saturated rings. The van der Waals surface area contributed by atoms with Crippen LogP contribution in [0.5, 0.6) is 0 Å². The van der Waals surface area contributed by atoms with Crippen LogP contribution in [-0.4, -0.2) is 36.5 Å². The molecule has 4 heteroatoms. The van der Waals surface area contributed by atoms with Gasteiger partial charge in [-0.15, -0.1) is 0 Å². The summed E-state index contributed by atoms with van der Waals surface area (Å²) in [6.07, 6.45) is 0. The van der Waals surface area contributed by atoms with E-state index in [1.807, 2.05) is 30.3 Å². The molecule has 17 heavy (non-hydrogen) atoms. The molecule has 0 bridgehead atoms. The van der Waals surface area contributed by atoms with E-state index in [9.17, 15) is 9.59 Å². The van der Waals surface area contributed by atoms with Gasteiger partial charge in [0, 0.05) is 19.4 Å². The molecule has 2 rings (SSSR count). The largest absolute Gasteiger partial charge is 0.467 e. The maximum Gasteiger partial charge on any atom is 0.329 e. The summed E-state index contributed by atoms with van der Waals surface area (Å²) < 4.78 is 4.75. The van der Waals surface area contributed by atoms with Crippen LogP contribution in [0.1, 0.15) is 18.4 Å². The Morgan fingerprint density at radius 1 is 1.29 bits per heavy atom. The zero-order chi connectivity index (χ0) is 12.4. The number of likely N-dealkylation sites (tertiary alicyclic amines) is 1. The van der Waals surface area contributed by atoms with Gasteiger partial charge in [0.15, 0.2) is 0 Å². The number of esters is 1. The number of carbonyl (C=O) groups is 2. The van der Waals surface area contributed by atoms with E-state index in [0.717, 1.165) is 5.56 Å². The van der Waals surface area contributed by atoms with Gasteiger partial charge in [-0.2, -0.15) is 0 Å². The normalized spacial score (nSPS) is 22.8. The molecule has 0 aromatic heterocycles. The van der Waals surface area contributed by atoms with Crippen LogP contribution in [0.25, 0.3) is 0 Å². The number of carbonyl (C=O) groups excluding carboxylic acids is 2. The first-order chi connectivity index (χ1) is 8.15. The lowest BCUT2D eigenvalue weighted by Gasteiger charge is -2.45. The first kappa shape index (κ1) is 11.6. The second-order valence-electron chi connectivity index (χ2n) is 4.16. The molecule has 1 heterocycles. The van der Waals surface area contributed by atoms with Crippen LogP contribution in [0.3, 0.4) is 0 Å². The highest BCUT2D eigenvalue weighted by Crippen LogP contribution is 2.34. The molecular weight excluding hydrogens is 218 g/mol. The van der Waals surface area contributed by atoms with E-state index in [2.05, 4.69) is 0 Å². The van der Waals surface area contributed by atoms with E-state index in [1.165, 1.54) is 14.0 Å². The SMILES string of the molecule is COC(=O)C1C(c2ccccc2)CN1C(C)=O. The van der Waals surface area contributed by atoms with Crippen molar-refractivity contribution in [2.24, 2.45) is 0 Å². The van der Waals surface area contributed by atoms with E-state index in [1.54, 1.807) is 4.90 Å². The minimum Gasteiger partial charge on any atom is -0.467 e. The molecule has 2 unspecified atom stereocenters. The average molecular weight is 233 g/mol. The van der Waals surface area contributed by atoms with Gasteiger partial charge in [0.2, 0.25) is 5.91 Å². The highest BCUT2D eigenvalue weighted by Gasteiger charge is 2.46. The summed E-state index contributed by atoms with van der Waals surface area (Å²) in [6, 6.07) is 9.26. The van der Waals surface area contributed by atoms with Gasteiger partial charge in [-0.05, 0) is 5.56 Å². The second kappa shape index (κ2) is 4.57. The van der Waals surface area contributed by atoms with Gasteiger partial charge in [-0.1, -0.05) is 30.3 Å². The number of methoxy groups -OCH3 is 1. The van der Waals surface area contributed by atoms with Gasteiger partial charge >= 0.3 is 5.97 Å². The predicted octanol–water partition coefficient (Wildman–Crippen LogP) is 1.17. The summed E-state index contributed by atoms with van der Waals surface area (Å²) in [5.41, 5.74) is 1.07. The highest BCUT2D eigenvalue weighted by atomic mass is 16.5. The Morgan fingerprint density at radius 2 is 1.94 bits per heavy atom. The van der Waals surface area contributed by atoms with Crippen molar-refractivity contribution < 1.29 is 14.3 Å². The summed E-state index contributed by atoms with van der Waals surface area (Å²) in [7, 11) is 1.35. The Labute approximate surface area is 100 Å². The molecule has 1 aromatic rings. The van der Waals surface area contributed by atoms with Crippen LogP contribution in [0, 0.1) is 0 Å². The van der Waals surface area contributed by atoms with Crippen LogP contribution in [-0.2, 0) is 14.3 Å². The van der Waals surface area contributed by atoms with Crippen molar-refractivity contribution in [3.63, 3.8) is 0 Å². The van der Waals surface area contributed by atoms with Crippen LogP contribution >= 0.6 is 0 Å². The minimum absolute atomic E-state index is 0.0487. The van der Waals surface area contributed by atoms with Gasteiger partial charge in [0.1, 0.15) is 6.04 Å². The van der Waals surface area contributed by atoms with Crippen molar-refractivity contribution in [3.8, 4) is 0 Å². The number of hydrogen-bond acceptors (Lipinski definition) is 3. The van der Waals surface area contributed by atoms with Crippen LogP contribution in [0.4, 0.5) is 0 Å². The quantitative estimate of drug-likeness (QED) is 0.720.